The van der Waals surface area contributed by atoms with E-state index in [1.165, 1.54) is 141 Å². The minimum absolute atomic E-state index is 0.0525. The Morgan fingerprint density at radius 1 is 0.500 bits per heavy atom. The molecule has 0 aromatic carbocycles. The standard InChI is InChI=1S/C54H99NO5/c1-4-7-10-13-16-19-22-25-27-29-32-35-38-41-44-47-54(59)60-50(45-42-39-36-33-30-24-21-18-15-12-9-6-3)48-53(58)55-51(49-56)52(57)46-43-40-37-34-31-28-26-23-20-17-14-11-8-5-2/h7,10,13,16,19,22,33,36,50-52,56-57H,4-6,8-9,11-12,14-15,17-18,20-21,23-32,34-35,37-49H2,1-3H3,(H,55,58)/b10-7+,16-13+,22-19+,36-33-. The van der Waals surface area contributed by atoms with E-state index in [9.17, 15) is 19.8 Å². The smallest absolute Gasteiger partial charge is 0.306 e. The third-order valence-corrected chi connectivity index (χ3v) is 11.7. The van der Waals surface area contributed by atoms with Gasteiger partial charge in [0.05, 0.1) is 25.2 Å². The second-order valence-electron chi connectivity index (χ2n) is 17.6. The van der Waals surface area contributed by atoms with E-state index in [0.29, 0.717) is 19.3 Å². The Morgan fingerprint density at radius 2 is 0.933 bits per heavy atom. The van der Waals surface area contributed by atoms with Gasteiger partial charge in [-0.2, -0.15) is 0 Å². The van der Waals surface area contributed by atoms with E-state index in [1.54, 1.807) is 0 Å². The number of rotatable bonds is 46. The van der Waals surface area contributed by atoms with Gasteiger partial charge in [0.1, 0.15) is 6.10 Å². The summed E-state index contributed by atoms with van der Waals surface area (Å²) in [4.78, 5) is 26.1. The van der Waals surface area contributed by atoms with Gasteiger partial charge in [0.15, 0.2) is 0 Å². The highest BCUT2D eigenvalue weighted by molar-refractivity contribution is 5.77. The van der Waals surface area contributed by atoms with Gasteiger partial charge >= 0.3 is 5.97 Å². The van der Waals surface area contributed by atoms with Crippen molar-refractivity contribution in [2.75, 3.05) is 6.61 Å². The van der Waals surface area contributed by atoms with Crippen molar-refractivity contribution in [2.24, 2.45) is 0 Å². The molecule has 60 heavy (non-hydrogen) atoms. The van der Waals surface area contributed by atoms with Gasteiger partial charge < -0.3 is 20.3 Å². The fourth-order valence-corrected chi connectivity index (χ4v) is 7.78. The molecule has 0 aliphatic rings. The average molecular weight is 842 g/mol. The van der Waals surface area contributed by atoms with Gasteiger partial charge in [0.25, 0.3) is 0 Å². The molecule has 0 aliphatic heterocycles. The fourth-order valence-electron chi connectivity index (χ4n) is 7.78. The third kappa shape index (κ3) is 42.5. The monoisotopic (exact) mass is 842 g/mol. The van der Waals surface area contributed by atoms with Crippen LogP contribution in [0.25, 0.3) is 0 Å². The molecule has 0 saturated heterocycles. The van der Waals surface area contributed by atoms with Crippen molar-refractivity contribution in [3.05, 3.63) is 48.6 Å². The number of aliphatic hydroxyl groups is 2. The lowest BCUT2D eigenvalue weighted by atomic mass is 10.0. The average Bonchev–Trinajstić information content (AvgIpc) is 3.24. The highest BCUT2D eigenvalue weighted by Gasteiger charge is 2.24. The van der Waals surface area contributed by atoms with Gasteiger partial charge in [-0.15, -0.1) is 0 Å². The minimum atomic E-state index is -0.795. The summed E-state index contributed by atoms with van der Waals surface area (Å²) < 4.78 is 5.91. The normalized spacial score (nSPS) is 13.6. The van der Waals surface area contributed by atoms with Crippen molar-refractivity contribution in [2.45, 2.75) is 277 Å². The molecule has 0 radical (unpaired) electrons. The largest absolute Gasteiger partial charge is 0.462 e. The van der Waals surface area contributed by atoms with Gasteiger partial charge in [0, 0.05) is 6.42 Å². The third-order valence-electron chi connectivity index (χ3n) is 11.7. The van der Waals surface area contributed by atoms with E-state index in [-0.39, 0.29) is 24.9 Å². The molecule has 350 valence electrons. The lowest BCUT2D eigenvalue weighted by Crippen LogP contribution is -2.46. The maximum atomic E-state index is 13.2. The maximum Gasteiger partial charge on any atom is 0.306 e. The highest BCUT2D eigenvalue weighted by Crippen LogP contribution is 2.17. The van der Waals surface area contributed by atoms with Gasteiger partial charge in [0.2, 0.25) is 5.91 Å². The molecule has 3 N–H and O–H groups in total. The van der Waals surface area contributed by atoms with E-state index in [0.717, 1.165) is 70.6 Å². The number of hydrogen-bond donors (Lipinski definition) is 3. The lowest BCUT2D eigenvalue weighted by molar-refractivity contribution is -0.151. The fraction of sp³-hybridized carbons (Fsp3) is 0.815. The van der Waals surface area contributed by atoms with Crippen LogP contribution in [0.15, 0.2) is 48.6 Å². The first-order chi connectivity index (χ1) is 29.5. The predicted molar refractivity (Wildman–Crippen MR) is 259 cm³/mol. The van der Waals surface area contributed by atoms with E-state index in [1.807, 2.05) is 0 Å². The van der Waals surface area contributed by atoms with Crippen LogP contribution >= 0.6 is 0 Å². The molecule has 0 heterocycles. The zero-order chi connectivity index (χ0) is 43.8. The molecule has 3 unspecified atom stereocenters. The number of amides is 1. The molecule has 0 aromatic heterocycles. The van der Waals surface area contributed by atoms with E-state index in [2.05, 4.69) is 74.7 Å². The number of allylic oxidation sites excluding steroid dienone is 8. The summed E-state index contributed by atoms with van der Waals surface area (Å²) in [6.45, 7) is 6.35. The predicted octanol–water partition coefficient (Wildman–Crippen LogP) is 15.5. The first-order valence-corrected chi connectivity index (χ1v) is 25.9. The number of esters is 1. The van der Waals surface area contributed by atoms with Crippen LogP contribution in [0.1, 0.15) is 258 Å². The summed E-state index contributed by atoms with van der Waals surface area (Å²) in [5.74, 6) is -0.512. The van der Waals surface area contributed by atoms with Crippen molar-refractivity contribution in [3.8, 4) is 0 Å². The molecule has 0 aromatic rings. The Balaban J connectivity index is 4.58. The Morgan fingerprint density at radius 3 is 1.43 bits per heavy atom. The van der Waals surface area contributed by atoms with Crippen molar-refractivity contribution in [1.29, 1.82) is 0 Å². The second kappa shape index (κ2) is 47.9. The van der Waals surface area contributed by atoms with Crippen LogP contribution in [0.5, 0.6) is 0 Å². The zero-order valence-corrected chi connectivity index (χ0v) is 39.8. The molecule has 6 heteroatoms. The van der Waals surface area contributed by atoms with Crippen LogP contribution < -0.4 is 5.32 Å². The summed E-state index contributed by atoms with van der Waals surface area (Å²) >= 11 is 0. The summed E-state index contributed by atoms with van der Waals surface area (Å²) in [6.07, 6.45) is 57.4. The Kier molecular flexibility index (Phi) is 46.1. The summed E-state index contributed by atoms with van der Waals surface area (Å²) in [6, 6.07) is -0.711. The zero-order valence-electron chi connectivity index (χ0n) is 39.8. The number of carbonyl (C=O) groups is 2. The topological polar surface area (TPSA) is 95.9 Å². The number of hydrogen-bond acceptors (Lipinski definition) is 5. The SMILES string of the molecule is CC/C=C/C=C/C=C/CCCCCCCCCC(=O)OC(CCC/C=C\CCCCCCCCC)CC(=O)NC(CO)C(O)CCCCCCCCCCCCCCCC. The van der Waals surface area contributed by atoms with Crippen LogP contribution in [-0.2, 0) is 14.3 Å². The van der Waals surface area contributed by atoms with Crippen molar-refractivity contribution in [1.82, 2.24) is 5.32 Å². The molecule has 3 atom stereocenters. The molecule has 0 rings (SSSR count). The number of nitrogens with one attached hydrogen (secondary N) is 1. The van der Waals surface area contributed by atoms with E-state index >= 15 is 0 Å². The van der Waals surface area contributed by atoms with Crippen LogP contribution in [-0.4, -0.2) is 46.9 Å². The molecule has 0 bridgehead atoms. The van der Waals surface area contributed by atoms with Crippen LogP contribution in [0.4, 0.5) is 0 Å². The van der Waals surface area contributed by atoms with Gasteiger partial charge in [-0.25, -0.2) is 0 Å². The molecule has 1 amide bonds. The Hall–Kier alpha value is -2.18. The quantitative estimate of drug-likeness (QED) is 0.0246. The number of carbonyl (C=O) groups excluding carboxylic acids is 2. The Bertz CT molecular complexity index is 1040. The van der Waals surface area contributed by atoms with Crippen LogP contribution in [0.2, 0.25) is 0 Å². The number of aliphatic hydroxyl groups excluding tert-OH is 2. The molecular weight excluding hydrogens is 743 g/mol. The van der Waals surface area contributed by atoms with Gasteiger partial charge in [-0.3, -0.25) is 9.59 Å². The number of unbranched alkanes of at least 4 members (excludes halogenated alkanes) is 28. The van der Waals surface area contributed by atoms with Crippen LogP contribution in [0.3, 0.4) is 0 Å². The van der Waals surface area contributed by atoms with Crippen molar-refractivity contribution < 1.29 is 24.5 Å². The van der Waals surface area contributed by atoms with Gasteiger partial charge in [-0.1, -0.05) is 230 Å². The Labute approximate surface area is 372 Å². The first kappa shape index (κ1) is 57.8. The van der Waals surface area contributed by atoms with Crippen molar-refractivity contribution in [3.63, 3.8) is 0 Å². The highest BCUT2D eigenvalue weighted by atomic mass is 16.5. The minimum Gasteiger partial charge on any atom is -0.462 e. The molecular formula is C54H99NO5. The summed E-state index contributed by atoms with van der Waals surface area (Å²) in [5, 5.41) is 23.8. The summed E-state index contributed by atoms with van der Waals surface area (Å²) in [7, 11) is 0. The van der Waals surface area contributed by atoms with Crippen LogP contribution in [0, 0.1) is 0 Å². The lowest BCUT2D eigenvalue weighted by Gasteiger charge is -2.24. The van der Waals surface area contributed by atoms with E-state index < -0.39 is 18.2 Å². The summed E-state index contributed by atoms with van der Waals surface area (Å²) in [5.41, 5.74) is 0. The molecule has 0 spiro atoms. The second-order valence-corrected chi connectivity index (χ2v) is 17.6. The molecule has 0 fully saturated rings. The molecule has 0 saturated carbocycles. The van der Waals surface area contributed by atoms with Gasteiger partial charge in [-0.05, 0) is 64.2 Å². The first-order valence-electron chi connectivity index (χ1n) is 25.9. The van der Waals surface area contributed by atoms with Crippen molar-refractivity contribution >= 4 is 11.9 Å². The number of ether oxygens (including phenoxy) is 1. The molecule has 0 aliphatic carbocycles. The maximum absolute atomic E-state index is 13.2. The molecule has 6 nitrogen and oxygen atoms in total. The van der Waals surface area contributed by atoms with E-state index in [4.69, 9.17) is 4.74 Å².